The van der Waals surface area contributed by atoms with Gasteiger partial charge in [0.15, 0.2) is 5.78 Å². The lowest BCUT2D eigenvalue weighted by atomic mass is 9.98. The lowest BCUT2D eigenvalue weighted by molar-refractivity contribution is -0.113. The maximum atomic E-state index is 11.4. The van der Waals surface area contributed by atoms with Gasteiger partial charge in [-0.15, -0.1) is 0 Å². The van der Waals surface area contributed by atoms with Crippen LogP contribution in [0.2, 0.25) is 0 Å². The summed E-state index contributed by atoms with van der Waals surface area (Å²) in [5.74, 6) is 0.731. The van der Waals surface area contributed by atoms with E-state index < -0.39 is 0 Å². The molecule has 2 aromatic carbocycles. The molecule has 4 heteroatoms. The van der Waals surface area contributed by atoms with E-state index >= 15 is 0 Å². The zero-order valence-electron chi connectivity index (χ0n) is 21.6. The maximum absolute atomic E-state index is 11.4. The number of hydrogen-bond acceptors (Lipinski definition) is 4. The number of aryl methyl sites for hydroxylation is 1. The van der Waals surface area contributed by atoms with Crippen molar-refractivity contribution in [3.8, 4) is 5.75 Å². The first-order valence-corrected chi connectivity index (χ1v) is 12.0. The minimum atomic E-state index is -0.0643. The van der Waals surface area contributed by atoms with Gasteiger partial charge in [-0.2, -0.15) is 0 Å². The summed E-state index contributed by atoms with van der Waals surface area (Å²) in [5.41, 5.74) is 8.81. The van der Waals surface area contributed by atoms with Gasteiger partial charge in [0.2, 0.25) is 0 Å². The predicted octanol–water partition coefficient (Wildman–Crippen LogP) is 6.64. The van der Waals surface area contributed by atoms with E-state index in [1.807, 2.05) is 26.0 Å². The molecule has 4 nitrogen and oxygen atoms in total. The van der Waals surface area contributed by atoms with Gasteiger partial charge in [-0.05, 0) is 75.6 Å². The first kappa shape index (κ1) is 26.1. The Balaban J connectivity index is 1.80. The molecule has 0 saturated carbocycles. The second kappa shape index (κ2) is 11.8. The molecule has 0 fully saturated rings. The summed E-state index contributed by atoms with van der Waals surface area (Å²) in [6, 6.07) is 12.8. The van der Waals surface area contributed by atoms with Gasteiger partial charge in [0, 0.05) is 29.9 Å². The fourth-order valence-corrected chi connectivity index (χ4v) is 3.94. The number of allylic oxidation sites excluding steroid dienone is 5. The van der Waals surface area contributed by atoms with E-state index in [9.17, 15) is 4.79 Å². The Kier molecular flexibility index (Phi) is 8.78. The van der Waals surface area contributed by atoms with Crippen molar-refractivity contribution in [1.29, 1.82) is 0 Å². The Labute approximate surface area is 210 Å². The Morgan fingerprint density at radius 2 is 1.83 bits per heavy atom. The summed E-state index contributed by atoms with van der Waals surface area (Å²) in [4.78, 5) is 18.6. The van der Waals surface area contributed by atoms with E-state index in [1.54, 1.807) is 12.2 Å². The third-order valence-corrected chi connectivity index (χ3v) is 6.24. The lowest BCUT2D eigenvalue weighted by Gasteiger charge is -2.25. The van der Waals surface area contributed by atoms with Crippen molar-refractivity contribution < 1.29 is 9.53 Å². The monoisotopic (exact) mass is 468 g/mol. The third kappa shape index (κ3) is 7.00. The number of rotatable bonds is 9. The van der Waals surface area contributed by atoms with Crippen molar-refractivity contribution in [2.75, 3.05) is 13.6 Å². The lowest BCUT2D eigenvalue weighted by Crippen LogP contribution is -2.26. The van der Waals surface area contributed by atoms with Crippen LogP contribution in [0, 0.1) is 6.92 Å². The van der Waals surface area contributed by atoms with E-state index in [1.165, 1.54) is 23.6 Å². The molecule has 35 heavy (non-hydrogen) atoms. The van der Waals surface area contributed by atoms with Crippen LogP contribution in [-0.2, 0) is 24.4 Å². The maximum Gasteiger partial charge on any atom is 0.159 e. The Morgan fingerprint density at radius 1 is 1.09 bits per heavy atom. The van der Waals surface area contributed by atoms with Crippen molar-refractivity contribution in [2.24, 2.45) is 4.99 Å². The van der Waals surface area contributed by atoms with Gasteiger partial charge in [0.25, 0.3) is 0 Å². The standard InChI is InChI=1S/C31H36N2O2/c1-8-30(32-24(5)22(3)10-11-23(4)25(6)34)29-17-21(2)9-14-31(29)35-20-26-12-13-28-19-33(7)16-15-27(28)18-26/h8-14,17-18H,3-4,15-16,19-20H2,1-2,5-7H3/b11-10-,30-8?,32-24?. The third-order valence-electron chi connectivity index (χ3n) is 6.24. The Morgan fingerprint density at radius 3 is 2.54 bits per heavy atom. The predicted molar refractivity (Wildman–Crippen MR) is 147 cm³/mol. The Hall–Kier alpha value is -3.50. The van der Waals surface area contributed by atoms with Crippen molar-refractivity contribution in [3.63, 3.8) is 0 Å². The first-order chi connectivity index (χ1) is 16.7. The molecule has 0 saturated heterocycles. The second-order valence-corrected chi connectivity index (χ2v) is 9.19. The molecule has 1 aliphatic heterocycles. The smallest absolute Gasteiger partial charge is 0.159 e. The molecule has 182 valence electrons. The van der Waals surface area contributed by atoms with Crippen molar-refractivity contribution >= 4 is 17.2 Å². The summed E-state index contributed by atoms with van der Waals surface area (Å²) in [6.45, 7) is 17.9. The van der Waals surface area contributed by atoms with Crippen LogP contribution in [-0.4, -0.2) is 30.0 Å². The van der Waals surface area contributed by atoms with Gasteiger partial charge in [0.1, 0.15) is 12.4 Å². The molecule has 0 aromatic heterocycles. The number of likely N-dealkylation sites (N-methyl/N-ethyl adjacent to an activating group) is 1. The normalized spacial score (nSPS) is 14.7. The van der Waals surface area contributed by atoms with E-state index in [-0.39, 0.29) is 5.78 Å². The number of nitrogens with zero attached hydrogens (tertiary/aromatic N) is 2. The van der Waals surface area contributed by atoms with Crippen molar-refractivity contribution in [1.82, 2.24) is 4.90 Å². The molecule has 1 heterocycles. The number of ketones is 1. The molecular weight excluding hydrogens is 432 g/mol. The van der Waals surface area contributed by atoms with Crippen LogP contribution in [0.15, 0.2) is 83.9 Å². The van der Waals surface area contributed by atoms with Gasteiger partial charge in [-0.1, -0.05) is 61.2 Å². The molecular formula is C31H36N2O2. The van der Waals surface area contributed by atoms with E-state index in [0.717, 1.165) is 53.4 Å². The summed E-state index contributed by atoms with van der Waals surface area (Å²) in [5, 5.41) is 0. The SMILES string of the molecule is C=C(/C=C\C(=C)C(C)=NC(=CC)c1cc(C)ccc1OCc1ccc2c(c1)CCN(C)C2)C(C)=O. The molecule has 0 amide bonds. The number of carbonyl (C=O) groups excluding carboxylic acids is 1. The minimum Gasteiger partial charge on any atom is -0.488 e. The van der Waals surface area contributed by atoms with E-state index in [0.29, 0.717) is 12.2 Å². The van der Waals surface area contributed by atoms with Gasteiger partial charge in [0.05, 0.1) is 5.70 Å². The topological polar surface area (TPSA) is 41.9 Å². The average Bonchev–Trinajstić information content (AvgIpc) is 2.84. The average molecular weight is 469 g/mol. The quantitative estimate of drug-likeness (QED) is 0.235. The first-order valence-electron chi connectivity index (χ1n) is 12.0. The van der Waals surface area contributed by atoms with Gasteiger partial charge >= 0.3 is 0 Å². The van der Waals surface area contributed by atoms with Crippen molar-refractivity contribution in [2.45, 2.75) is 47.3 Å². The number of Topliss-reactive ketones (excluding diaryl/α,β-unsaturated/α-hetero) is 1. The van der Waals surface area contributed by atoms with Crippen molar-refractivity contribution in [3.05, 3.63) is 107 Å². The molecule has 0 N–H and O–H groups in total. The molecule has 0 aliphatic carbocycles. The van der Waals surface area contributed by atoms with Gasteiger partial charge < -0.3 is 9.64 Å². The number of ether oxygens (including phenoxy) is 1. The number of carbonyl (C=O) groups is 1. The van der Waals surface area contributed by atoms with Gasteiger partial charge in [-0.3, -0.25) is 9.79 Å². The highest BCUT2D eigenvalue weighted by atomic mass is 16.5. The summed E-state index contributed by atoms with van der Waals surface area (Å²) >= 11 is 0. The van der Waals surface area contributed by atoms with Crippen LogP contribution in [0.1, 0.15) is 48.6 Å². The fourth-order valence-electron chi connectivity index (χ4n) is 3.94. The highest BCUT2D eigenvalue weighted by molar-refractivity contribution is 6.04. The zero-order chi connectivity index (χ0) is 25.5. The Bertz CT molecular complexity index is 1230. The fraction of sp³-hybridized carbons (Fsp3) is 0.290. The van der Waals surface area contributed by atoms with Crippen LogP contribution >= 0.6 is 0 Å². The zero-order valence-corrected chi connectivity index (χ0v) is 21.6. The molecule has 0 bridgehead atoms. The largest absolute Gasteiger partial charge is 0.488 e. The number of aliphatic imine (C=N–C) groups is 1. The highest BCUT2D eigenvalue weighted by Crippen LogP contribution is 2.30. The van der Waals surface area contributed by atoms with Crippen LogP contribution in [0.3, 0.4) is 0 Å². The molecule has 0 unspecified atom stereocenters. The molecule has 3 rings (SSSR count). The molecule has 0 atom stereocenters. The summed E-state index contributed by atoms with van der Waals surface area (Å²) < 4.78 is 6.31. The van der Waals surface area contributed by atoms with Crippen LogP contribution < -0.4 is 4.74 Å². The summed E-state index contributed by atoms with van der Waals surface area (Å²) in [6.07, 6.45) is 6.50. The highest BCUT2D eigenvalue weighted by Gasteiger charge is 2.14. The van der Waals surface area contributed by atoms with Crippen LogP contribution in [0.25, 0.3) is 5.70 Å². The molecule has 1 aliphatic rings. The molecule has 2 aromatic rings. The molecule has 0 radical (unpaired) electrons. The van der Waals surface area contributed by atoms with Crippen LogP contribution in [0.4, 0.5) is 0 Å². The van der Waals surface area contributed by atoms with E-state index in [4.69, 9.17) is 9.73 Å². The number of hydrogen-bond donors (Lipinski definition) is 0. The minimum absolute atomic E-state index is 0.0643. The molecule has 0 spiro atoms. The van der Waals surface area contributed by atoms with E-state index in [2.05, 4.69) is 62.4 Å². The number of fused-ring (bicyclic) bond motifs is 1. The number of benzene rings is 2. The van der Waals surface area contributed by atoms with Crippen LogP contribution in [0.5, 0.6) is 5.75 Å². The second-order valence-electron chi connectivity index (χ2n) is 9.19. The van der Waals surface area contributed by atoms with Gasteiger partial charge in [-0.25, -0.2) is 0 Å². The summed E-state index contributed by atoms with van der Waals surface area (Å²) in [7, 11) is 2.16.